The van der Waals surface area contributed by atoms with Gasteiger partial charge < -0.3 is 24.1 Å². The minimum absolute atomic E-state index is 0.0519. The van der Waals surface area contributed by atoms with Crippen LogP contribution in [0.5, 0.6) is 5.75 Å². The number of hydrogen-bond donors (Lipinski definition) is 1. The van der Waals surface area contributed by atoms with Gasteiger partial charge in [-0.05, 0) is 45.1 Å². The van der Waals surface area contributed by atoms with Crippen molar-refractivity contribution < 1.29 is 18.7 Å². The fourth-order valence-electron chi connectivity index (χ4n) is 3.57. The van der Waals surface area contributed by atoms with E-state index in [-0.39, 0.29) is 11.3 Å². The van der Waals surface area contributed by atoms with Gasteiger partial charge in [-0.25, -0.2) is 0 Å². The summed E-state index contributed by atoms with van der Waals surface area (Å²) in [6.45, 7) is 3.05. The van der Waals surface area contributed by atoms with E-state index in [2.05, 4.69) is 24.3 Å². The van der Waals surface area contributed by atoms with Crippen LogP contribution in [-0.4, -0.2) is 58.3 Å². The Labute approximate surface area is 148 Å². The van der Waals surface area contributed by atoms with Crippen molar-refractivity contribution in [1.82, 2.24) is 10.2 Å². The molecule has 1 saturated heterocycles. The average molecular weight is 346 g/mol. The largest absolute Gasteiger partial charge is 0.496 e. The molecule has 0 unspecified atom stereocenters. The molecule has 6 nitrogen and oxygen atoms in total. The van der Waals surface area contributed by atoms with Gasteiger partial charge in [0, 0.05) is 37.3 Å². The van der Waals surface area contributed by atoms with Crippen molar-refractivity contribution in [1.29, 1.82) is 0 Å². The fraction of sp³-hybridized carbons (Fsp3) is 0.526. The van der Waals surface area contributed by atoms with E-state index in [4.69, 9.17) is 13.9 Å². The zero-order valence-electron chi connectivity index (χ0n) is 15.1. The van der Waals surface area contributed by atoms with Gasteiger partial charge in [0.1, 0.15) is 11.3 Å². The maximum Gasteiger partial charge on any atom is 0.251 e. The Bertz CT molecular complexity index is 732. The molecule has 0 radical (unpaired) electrons. The van der Waals surface area contributed by atoms with E-state index >= 15 is 0 Å². The van der Waals surface area contributed by atoms with Gasteiger partial charge in [-0.1, -0.05) is 0 Å². The van der Waals surface area contributed by atoms with Crippen LogP contribution in [0.15, 0.2) is 28.9 Å². The first-order valence-corrected chi connectivity index (χ1v) is 8.59. The van der Waals surface area contributed by atoms with Gasteiger partial charge >= 0.3 is 0 Å². The van der Waals surface area contributed by atoms with Crippen molar-refractivity contribution in [2.24, 2.45) is 5.41 Å². The highest BCUT2D eigenvalue weighted by molar-refractivity contribution is 5.99. The maximum absolute atomic E-state index is 12.7. The van der Waals surface area contributed by atoms with Crippen LogP contribution < -0.4 is 10.1 Å². The Hall–Kier alpha value is -2.05. The molecule has 0 spiro atoms. The second kappa shape index (κ2) is 7.45. The molecule has 1 aromatic heterocycles. The molecular formula is C19H26N2O4. The SMILES string of the molecule is COc1cc(C(=O)NCC2(CN(C)C)CCOCC2)cc2occc12. The number of ether oxygens (including phenoxy) is 2. The average Bonchev–Trinajstić information content (AvgIpc) is 3.07. The van der Waals surface area contributed by atoms with Crippen molar-refractivity contribution >= 4 is 16.9 Å². The van der Waals surface area contributed by atoms with Crippen molar-refractivity contribution in [3.63, 3.8) is 0 Å². The second-order valence-electron chi connectivity index (χ2n) is 7.04. The number of methoxy groups -OCH3 is 1. The molecule has 2 aromatic rings. The maximum atomic E-state index is 12.7. The summed E-state index contributed by atoms with van der Waals surface area (Å²) in [5.74, 6) is 0.534. The summed E-state index contributed by atoms with van der Waals surface area (Å²) >= 11 is 0. The Morgan fingerprint density at radius 1 is 1.32 bits per heavy atom. The summed E-state index contributed by atoms with van der Waals surface area (Å²) in [7, 11) is 5.72. The van der Waals surface area contributed by atoms with Crippen molar-refractivity contribution in [2.75, 3.05) is 47.5 Å². The molecule has 1 fully saturated rings. The van der Waals surface area contributed by atoms with Crippen LogP contribution in [0, 0.1) is 5.41 Å². The van der Waals surface area contributed by atoms with E-state index in [0.717, 1.165) is 38.0 Å². The van der Waals surface area contributed by atoms with Crippen molar-refractivity contribution in [3.05, 3.63) is 30.0 Å². The van der Waals surface area contributed by atoms with Crippen molar-refractivity contribution in [2.45, 2.75) is 12.8 Å². The van der Waals surface area contributed by atoms with E-state index in [1.54, 1.807) is 25.5 Å². The fourth-order valence-corrected chi connectivity index (χ4v) is 3.57. The third-order valence-corrected chi connectivity index (χ3v) is 4.84. The lowest BCUT2D eigenvalue weighted by Gasteiger charge is -2.39. The van der Waals surface area contributed by atoms with Gasteiger partial charge in [-0.15, -0.1) is 0 Å². The lowest BCUT2D eigenvalue weighted by molar-refractivity contribution is 0.00285. The second-order valence-corrected chi connectivity index (χ2v) is 7.04. The van der Waals surface area contributed by atoms with Gasteiger partial charge in [-0.3, -0.25) is 4.79 Å². The number of fused-ring (bicyclic) bond motifs is 1. The van der Waals surface area contributed by atoms with Crippen LogP contribution in [0.4, 0.5) is 0 Å². The molecule has 1 amide bonds. The number of benzene rings is 1. The highest BCUT2D eigenvalue weighted by Crippen LogP contribution is 2.31. The Morgan fingerprint density at radius 3 is 2.76 bits per heavy atom. The number of carbonyl (C=O) groups excluding carboxylic acids is 1. The predicted octanol–water partition coefficient (Wildman–Crippen LogP) is 2.53. The number of nitrogens with one attached hydrogen (secondary N) is 1. The number of hydrogen-bond acceptors (Lipinski definition) is 5. The standard InChI is InChI=1S/C19H26N2O4/c1-21(2)13-19(5-8-24-9-6-19)12-20-18(22)14-10-16(23-3)15-4-7-25-17(15)11-14/h4,7,10-11H,5-6,8-9,12-13H2,1-3H3,(H,20,22). The molecule has 0 saturated carbocycles. The summed E-state index contributed by atoms with van der Waals surface area (Å²) < 4.78 is 16.3. The smallest absolute Gasteiger partial charge is 0.251 e. The first-order valence-electron chi connectivity index (χ1n) is 8.59. The van der Waals surface area contributed by atoms with Gasteiger partial charge in [0.15, 0.2) is 0 Å². The molecular weight excluding hydrogens is 320 g/mol. The van der Waals surface area contributed by atoms with E-state index < -0.39 is 0 Å². The highest BCUT2D eigenvalue weighted by atomic mass is 16.5. The number of nitrogens with zero attached hydrogens (tertiary/aromatic N) is 1. The van der Waals surface area contributed by atoms with Crippen LogP contribution in [0.3, 0.4) is 0 Å². The summed E-state index contributed by atoms with van der Waals surface area (Å²) in [5.41, 5.74) is 1.25. The quantitative estimate of drug-likeness (QED) is 0.871. The molecule has 1 N–H and O–H groups in total. The summed E-state index contributed by atoms with van der Waals surface area (Å²) in [5, 5.41) is 3.97. The van der Waals surface area contributed by atoms with Gasteiger partial charge in [0.2, 0.25) is 0 Å². The molecule has 1 aliphatic heterocycles. The van der Waals surface area contributed by atoms with Crippen LogP contribution in [-0.2, 0) is 4.74 Å². The number of rotatable bonds is 6. The normalized spacial score (nSPS) is 17.0. The lowest BCUT2D eigenvalue weighted by Crippen LogP contribution is -2.47. The van der Waals surface area contributed by atoms with E-state index in [1.165, 1.54) is 0 Å². The Kier molecular flexibility index (Phi) is 5.30. The molecule has 136 valence electrons. The van der Waals surface area contributed by atoms with Crippen LogP contribution in [0.2, 0.25) is 0 Å². The number of amides is 1. The number of carbonyl (C=O) groups is 1. The molecule has 1 aromatic carbocycles. The number of furan rings is 1. The topological polar surface area (TPSA) is 63.9 Å². The molecule has 1 aliphatic rings. The first kappa shape index (κ1) is 17.8. The molecule has 0 atom stereocenters. The van der Waals surface area contributed by atoms with Gasteiger partial charge in [0.05, 0.1) is 18.8 Å². The Morgan fingerprint density at radius 2 is 2.08 bits per heavy atom. The van der Waals surface area contributed by atoms with E-state index in [0.29, 0.717) is 23.4 Å². The lowest BCUT2D eigenvalue weighted by atomic mass is 9.79. The monoisotopic (exact) mass is 346 g/mol. The molecule has 25 heavy (non-hydrogen) atoms. The molecule has 2 heterocycles. The molecule has 6 heteroatoms. The van der Waals surface area contributed by atoms with E-state index in [1.807, 2.05) is 6.07 Å². The summed E-state index contributed by atoms with van der Waals surface area (Å²) in [6.07, 6.45) is 3.50. The summed E-state index contributed by atoms with van der Waals surface area (Å²) in [4.78, 5) is 14.9. The minimum Gasteiger partial charge on any atom is -0.496 e. The molecule has 3 rings (SSSR count). The van der Waals surface area contributed by atoms with Gasteiger partial charge in [-0.2, -0.15) is 0 Å². The zero-order chi connectivity index (χ0) is 17.9. The van der Waals surface area contributed by atoms with Crippen molar-refractivity contribution in [3.8, 4) is 5.75 Å². The Balaban J connectivity index is 1.74. The predicted molar refractivity (Wildman–Crippen MR) is 96.1 cm³/mol. The zero-order valence-corrected chi connectivity index (χ0v) is 15.1. The minimum atomic E-state index is -0.110. The highest BCUT2D eigenvalue weighted by Gasteiger charge is 2.33. The van der Waals surface area contributed by atoms with Crippen LogP contribution in [0.1, 0.15) is 23.2 Å². The third-order valence-electron chi connectivity index (χ3n) is 4.84. The molecule has 0 aliphatic carbocycles. The molecule has 0 bridgehead atoms. The summed E-state index contributed by atoms with van der Waals surface area (Å²) in [6, 6.07) is 5.36. The van der Waals surface area contributed by atoms with Crippen LogP contribution >= 0.6 is 0 Å². The van der Waals surface area contributed by atoms with E-state index in [9.17, 15) is 4.79 Å². The first-order chi connectivity index (χ1) is 12.0. The van der Waals surface area contributed by atoms with Gasteiger partial charge in [0.25, 0.3) is 5.91 Å². The third kappa shape index (κ3) is 3.96. The van der Waals surface area contributed by atoms with Crippen LogP contribution in [0.25, 0.3) is 11.0 Å².